The second kappa shape index (κ2) is 6.00. The summed E-state index contributed by atoms with van der Waals surface area (Å²) in [6, 6.07) is 2.92. The van der Waals surface area contributed by atoms with Crippen molar-refractivity contribution < 1.29 is 9.59 Å². The number of rotatable bonds is 5. The van der Waals surface area contributed by atoms with Gasteiger partial charge in [-0.1, -0.05) is 20.3 Å². The Morgan fingerprint density at radius 3 is 2.88 bits per heavy atom. The normalized spacial score (nSPS) is 13.9. The van der Waals surface area contributed by atoms with E-state index in [-0.39, 0.29) is 11.8 Å². The van der Waals surface area contributed by atoms with Crippen molar-refractivity contribution in [2.45, 2.75) is 26.3 Å². The summed E-state index contributed by atoms with van der Waals surface area (Å²) >= 11 is 0. The van der Waals surface area contributed by atoms with E-state index in [1.807, 2.05) is 13.8 Å². The van der Waals surface area contributed by atoms with Gasteiger partial charge in [0.05, 0.1) is 11.6 Å². The van der Waals surface area contributed by atoms with Gasteiger partial charge in [-0.3, -0.25) is 9.78 Å². The molecule has 0 radical (unpaired) electrons. The number of aromatic nitrogens is 1. The maximum absolute atomic E-state index is 11.7. The van der Waals surface area contributed by atoms with Crippen LogP contribution in [0.3, 0.4) is 0 Å². The molecule has 0 unspecified atom stereocenters. The van der Waals surface area contributed by atoms with Crippen LogP contribution in [0.5, 0.6) is 0 Å². The minimum Gasteiger partial charge on any atom is -0.342 e. The van der Waals surface area contributed by atoms with Crippen LogP contribution >= 0.6 is 0 Å². The molecule has 0 saturated heterocycles. The standard InChI is InChI=1S/C12H16N2O2/c1-3-9(2)11(8-15)14-12(16)10-5-4-6-13-7-10/h4-9,11H,3H2,1-2H3,(H,14,16)/t9-,11+/m0/s1. The zero-order valence-electron chi connectivity index (χ0n) is 9.51. The fraction of sp³-hybridized carbons (Fsp3) is 0.417. The van der Waals surface area contributed by atoms with Crippen LogP contribution in [0.1, 0.15) is 30.6 Å². The first kappa shape index (κ1) is 12.4. The van der Waals surface area contributed by atoms with Crippen molar-refractivity contribution in [1.29, 1.82) is 0 Å². The van der Waals surface area contributed by atoms with Crippen molar-refractivity contribution in [1.82, 2.24) is 10.3 Å². The van der Waals surface area contributed by atoms with E-state index < -0.39 is 6.04 Å². The molecule has 0 saturated carbocycles. The Balaban J connectivity index is 2.66. The van der Waals surface area contributed by atoms with Crippen molar-refractivity contribution in [2.24, 2.45) is 5.92 Å². The number of hydrogen-bond acceptors (Lipinski definition) is 3. The lowest BCUT2D eigenvalue weighted by atomic mass is 10.0. The van der Waals surface area contributed by atoms with E-state index in [2.05, 4.69) is 10.3 Å². The monoisotopic (exact) mass is 220 g/mol. The number of carbonyl (C=O) groups is 2. The first-order valence-electron chi connectivity index (χ1n) is 5.35. The molecular formula is C12H16N2O2. The molecule has 0 aliphatic heterocycles. The highest BCUT2D eigenvalue weighted by Gasteiger charge is 2.17. The summed E-state index contributed by atoms with van der Waals surface area (Å²) in [6.45, 7) is 3.92. The maximum Gasteiger partial charge on any atom is 0.253 e. The zero-order valence-corrected chi connectivity index (χ0v) is 9.51. The van der Waals surface area contributed by atoms with Gasteiger partial charge in [0.15, 0.2) is 0 Å². The zero-order chi connectivity index (χ0) is 12.0. The molecule has 1 amide bonds. The molecule has 1 aromatic heterocycles. The van der Waals surface area contributed by atoms with Crippen LogP contribution in [-0.2, 0) is 4.79 Å². The number of pyridine rings is 1. The Labute approximate surface area is 95.1 Å². The third-order valence-corrected chi connectivity index (χ3v) is 2.63. The number of hydrogen-bond donors (Lipinski definition) is 1. The van der Waals surface area contributed by atoms with E-state index in [1.165, 1.54) is 6.20 Å². The van der Waals surface area contributed by atoms with Gasteiger partial charge in [0.2, 0.25) is 0 Å². The second-order valence-corrected chi connectivity index (χ2v) is 3.76. The fourth-order valence-corrected chi connectivity index (χ4v) is 1.30. The molecule has 2 atom stereocenters. The summed E-state index contributed by atoms with van der Waals surface area (Å²) in [5, 5.41) is 2.69. The van der Waals surface area contributed by atoms with Crippen LogP contribution in [0, 0.1) is 5.92 Å². The SMILES string of the molecule is CC[C@H](C)[C@@H](C=O)NC(=O)c1cccnc1. The van der Waals surface area contributed by atoms with Gasteiger partial charge in [0, 0.05) is 12.4 Å². The number of amides is 1. The number of nitrogens with zero attached hydrogens (tertiary/aromatic N) is 1. The molecule has 4 heteroatoms. The van der Waals surface area contributed by atoms with Crippen molar-refractivity contribution in [2.75, 3.05) is 0 Å². The third kappa shape index (κ3) is 3.15. The molecule has 0 aliphatic carbocycles. The number of nitrogens with one attached hydrogen (secondary N) is 1. The average Bonchev–Trinajstić information content (AvgIpc) is 2.35. The van der Waals surface area contributed by atoms with Crippen LogP contribution in [0.25, 0.3) is 0 Å². The highest BCUT2D eigenvalue weighted by Crippen LogP contribution is 2.06. The first-order chi connectivity index (χ1) is 7.69. The molecule has 1 aromatic rings. The molecule has 1 rings (SSSR count). The summed E-state index contributed by atoms with van der Waals surface area (Å²) in [5.74, 6) is -0.122. The van der Waals surface area contributed by atoms with Gasteiger partial charge in [-0.15, -0.1) is 0 Å². The Hall–Kier alpha value is -1.71. The molecule has 86 valence electrons. The topological polar surface area (TPSA) is 59.1 Å². The van der Waals surface area contributed by atoms with E-state index in [4.69, 9.17) is 0 Å². The summed E-state index contributed by atoms with van der Waals surface area (Å²) in [4.78, 5) is 26.4. The lowest BCUT2D eigenvalue weighted by Gasteiger charge is -2.18. The van der Waals surface area contributed by atoms with Gasteiger partial charge in [0.25, 0.3) is 5.91 Å². The average molecular weight is 220 g/mol. The predicted octanol–water partition coefficient (Wildman–Crippen LogP) is 1.43. The highest BCUT2D eigenvalue weighted by atomic mass is 16.2. The first-order valence-corrected chi connectivity index (χ1v) is 5.35. The molecule has 0 bridgehead atoms. The number of carbonyl (C=O) groups excluding carboxylic acids is 2. The molecule has 0 fully saturated rings. The Kier molecular flexibility index (Phi) is 4.64. The molecule has 4 nitrogen and oxygen atoms in total. The van der Waals surface area contributed by atoms with E-state index in [9.17, 15) is 9.59 Å². The minimum atomic E-state index is -0.433. The Morgan fingerprint density at radius 2 is 2.38 bits per heavy atom. The molecule has 0 spiro atoms. The summed E-state index contributed by atoms with van der Waals surface area (Å²) < 4.78 is 0. The quantitative estimate of drug-likeness (QED) is 0.763. The molecule has 0 aromatic carbocycles. The second-order valence-electron chi connectivity index (χ2n) is 3.76. The Morgan fingerprint density at radius 1 is 1.62 bits per heavy atom. The summed E-state index contributed by atoms with van der Waals surface area (Å²) in [5.41, 5.74) is 0.470. The largest absolute Gasteiger partial charge is 0.342 e. The molecular weight excluding hydrogens is 204 g/mol. The predicted molar refractivity (Wildman–Crippen MR) is 61.0 cm³/mol. The van der Waals surface area contributed by atoms with Gasteiger partial charge >= 0.3 is 0 Å². The van der Waals surface area contributed by atoms with E-state index in [0.29, 0.717) is 5.56 Å². The maximum atomic E-state index is 11.7. The van der Waals surface area contributed by atoms with Gasteiger partial charge in [0.1, 0.15) is 6.29 Å². The molecule has 16 heavy (non-hydrogen) atoms. The third-order valence-electron chi connectivity index (χ3n) is 2.63. The number of aldehydes is 1. The summed E-state index contributed by atoms with van der Waals surface area (Å²) in [7, 11) is 0. The van der Waals surface area contributed by atoms with Crippen LogP contribution in [-0.4, -0.2) is 23.2 Å². The highest BCUT2D eigenvalue weighted by molar-refractivity contribution is 5.95. The lowest BCUT2D eigenvalue weighted by molar-refractivity contribution is -0.110. The summed E-state index contributed by atoms with van der Waals surface area (Å²) in [6.07, 6.45) is 4.70. The van der Waals surface area contributed by atoms with Crippen molar-refractivity contribution >= 4 is 12.2 Å². The van der Waals surface area contributed by atoms with Crippen LogP contribution in [0.2, 0.25) is 0 Å². The minimum absolute atomic E-state index is 0.137. The molecule has 1 N–H and O–H groups in total. The van der Waals surface area contributed by atoms with Gasteiger partial charge in [-0.25, -0.2) is 0 Å². The van der Waals surface area contributed by atoms with Crippen molar-refractivity contribution in [3.63, 3.8) is 0 Å². The molecule has 0 aliphatic rings. The van der Waals surface area contributed by atoms with Gasteiger partial charge in [-0.2, -0.15) is 0 Å². The van der Waals surface area contributed by atoms with Crippen LogP contribution < -0.4 is 5.32 Å². The van der Waals surface area contributed by atoms with Gasteiger partial charge in [-0.05, 0) is 18.1 Å². The van der Waals surface area contributed by atoms with E-state index in [0.717, 1.165) is 12.7 Å². The fourth-order valence-electron chi connectivity index (χ4n) is 1.30. The smallest absolute Gasteiger partial charge is 0.253 e. The van der Waals surface area contributed by atoms with Gasteiger partial charge < -0.3 is 10.1 Å². The lowest BCUT2D eigenvalue weighted by Crippen LogP contribution is -2.40. The van der Waals surface area contributed by atoms with E-state index >= 15 is 0 Å². The van der Waals surface area contributed by atoms with E-state index in [1.54, 1.807) is 18.3 Å². The van der Waals surface area contributed by atoms with Crippen molar-refractivity contribution in [3.05, 3.63) is 30.1 Å². The Bertz CT molecular complexity index is 351. The van der Waals surface area contributed by atoms with Crippen LogP contribution in [0.4, 0.5) is 0 Å². The molecule has 1 heterocycles. The van der Waals surface area contributed by atoms with Crippen LogP contribution in [0.15, 0.2) is 24.5 Å². The van der Waals surface area contributed by atoms with Crippen molar-refractivity contribution in [3.8, 4) is 0 Å².